The van der Waals surface area contributed by atoms with E-state index in [1.807, 2.05) is 19.3 Å². The number of benzene rings is 2. The highest BCUT2D eigenvalue weighted by molar-refractivity contribution is 6.10. The second kappa shape index (κ2) is 7.04. The zero-order valence-electron chi connectivity index (χ0n) is 17.1. The molecular formula is C22H17F3N6O. The summed E-state index contributed by atoms with van der Waals surface area (Å²) < 4.78 is 43.8. The maximum absolute atomic E-state index is 13.4. The van der Waals surface area contributed by atoms with E-state index in [0.717, 1.165) is 11.6 Å². The van der Waals surface area contributed by atoms with Crippen LogP contribution < -0.4 is 4.90 Å². The van der Waals surface area contributed by atoms with Crippen LogP contribution in [0.15, 0.2) is 55.0 Å². The largest absolute Gasteiger partial charge is 0.416 e. The van der Waals surface area contributed by atoms with Crippen molar-refractivity contribution in [2.45, 2.75) is 12.7 Å². The zero-order chi connectivity index (χ0) is 22.6. The smallest absolute Gasteiger partial charge is 0.317 e. The lowest BCUT2D eigenvalue weighted by Gasteiger charge is -2.17. The van der Waals surface area contributed by atoms with Gasteiger partial charge in [0.25, 0.3) is 5.91 Å². The summed E-state index contributed by atoms with van der Waals surface area (Å²) in [4.78, 5) is 14.3. The van der Waals surface area contributed by atoms with Crippen molar-refractivity contribution in [2.24, 2.45) is 14.1 Å². The fourth-order valence-corrected chi connectivity index (χ4v) is 4.02. The number of carbonyl (C=O) groups is 1. The number of hydrogen-bond donors (Lipinski definition) is 0. The molecule has 0 atom stereocenters. The number of aryl methyl sites for hydroxylation is 2. The molecule has 2 aromatic carbocycles. The Morgan fingerprint density at radius 1 is 1.03 bits per heavy atom. The first-order valence-corrected chi connectivity index (χ1v) is 9.73. The molecule has 1 aliphatic heterocycles. The number of hydrogen-bond acceptors (Lipinski definition) is 4. The standard InChI is InChI=1S/C22H17F3N6O/c1-29-12-26-27-20(29)17-10-30(2)28-19(17)13-5-3-6-14(9-13)31-11-16-15(21(31)32)7-4-8-18(16)22(23,24)25/h3-10,12H,11H2,1-2H3. The molecule has 0 spiro atoms. The average molecular weight is 438 g/mol. The Morgan fingerprint density at radius 2 is 1.81 bits per heavy atom. The van der Waals surface area contributed by atoms with Crippen LogP contribution in [0, 0.1) is 0 Å². The second-order valence-corrected chi connectivity index (χ2v) is 7.60. The number of alkyl halides is 3. The summed E-state index contributed by atoms with van der Waals surface area (Å²) in [6, 6.07) is 10.7. The summed E-state index contributed by atoms with van der Waals surface area (Å²) >= 11 is 0. The summed E-state index contributed by atoms with van der Waals surface area (Å²) in [7, 11) is 3.60. The Bertz CT molecular complexity index is 1350. The third-order valence-electron chi connectivity index (χ3n) is 5.49. The summed E-state index contributed by atoms with van der Waals surface area (Å²) in [5.41, 5.74) is 1.87. The van der Waals surface area contributed by atoms with Crippen LogP contribution in [-0.2, 0) is 26.8 Å². The molecular weight excluding hydrogens is 421 g/mol. The first-order chi connectivity index (χ1) is 15.2. The Balaban J connectivity index is 1.56. The van der Waals surface area contributed by atoms with E-state index in [1.165, 1.54) is 17.0 Å². The minimum absolute atomic E-state index is 0.00647. The van der Waals surface area contributed by atoms with E-state index in [9.17, 15) is 18.0 Å². The number of anilines is 1. The van der Waals surface area contributed by atoms with E-state index in [2.05, 4.69) is 15.3 Å². The Hall–Kier alpha value is -3.95. The molecule has 32 heavy (non-hydrogen) atoms. The van der Waals surface area contributed by atoms with E-state index in [-0.39, 0.29) is 17.7 Å². The first kappa shape index (κ1) is 20.0. The summed E-state index contributed by atoms with van der Waals surface area (Å²) in [6.45, 7) is -0.147. The van der Waals surface area contributed by atoms with Gasteiger partial charge in [0.05, 0.1) is 17.7 Å². The fourth-order valence-electron chi connectivity index (χ4n) is 4.02. The molecule has 5 rings (SSSR count). The van der Waals surface area contributed by atoms with E-state index in [4.69, 9.17) is 0 Å². The number of rotatable bonds is 3. The molecule has 7 nitrogen and oxygen atoms in total. The van der Waals surface area contributed by atoms with Crippen LogP contribution in [-0.4, -0.2) is 30.5 Å². The maximum Gasteiger partial charge on any atom is 0.416 e. The molecule has 0 saturated carbocycles. The van der Waals surface area contributed by atoms with Crippen molar-refractivity contribution in [3.05, 3.63) is 71.7 Å². The predicted molar refractivity (Wildman–Crippen MR) is 111 cm³/mol. The fraction of sp³-hybridized carbons (Fsp3) is 0.182. The van der Waals surface area contributed by atoms with Gasteiger partial charge in [-0.05, 0) is 29.8 Å². The average Bonchev–Trinajstić information content (AvgIpc) is 3.44. The van der Waals surface area contributed by atoms with Crippen molar-refractivity contribution >= 4 is 11.6 Å². The molecule has 162 valence electrons. The van der Waals surface area contributed by atoms with E-state index < -0.39 is 17.6 Å². The van der Waals surface area contributed by atoms with Crippen molar-refractivity contribution in [3.8, 4) is 22.6 Å². The molecule has 2 aromatic heterocycles. The van der Waals surface area contributed by atoms with Crippen molar-refractivity contribution in [3.63, 3.8) is 0 Å². The van der Waals surface area contributed by atoms with E-state index in [0.29, 0.717) is 22.8 Å². The predicted octanol–water partition coefficient (Wildman–Crippen LogP) is 4.06. The van der Waals surface area contributed by atoms with Crippen molar-refractivity contribution in [1.82, 2.24) is 24.5 Å². The van der Waals surface area contributed by atoms with Crippen LogP contribution in [0.2, 0.25) is 0 Å². The Morgan fingerprint density at radius 3 is 2.53 bits per heavy atom. The molecule has 1 aliphatic rings. The van der Waals surface area contributed by atoms with Crippen LogP contribution in [0.1, 0.15) is 21.5 Å². The molecule has 0 bridgehead atoms. The van der Waals surface area contributed by atoms with Crippen molar-refractivity contribution < 1.29 is 18.0 Å². The highest BCUT2D eigenvalue weighted by atomic mass is 19.4. The third-order valence-corrected chi connectivity index (χ3v) is 5.49. The molecule has 0 radical (unpaired) electrons. The topological polar surface area (TPSA) is 68.8 Å². The summed E-state index contributed by atoms with van der Waals surface area (Å²) in [6.07, 6.45) is -1.12. The molecule has 0 saturated heterocycles. The highest BCUT2D eigenvalue weighted by Crippen LogP contribution is 2.39. The number of nitrogens with zero attached hydrogens (tertiary/aromatic N) is 6. The molecule has 4 aromatic rings. The van der Waals surface area contributed by atoms with Crippen LogP contribution in [0.4, 0.5) is 18.9 Å². The lowest BCUT2D eigenvalue weighted by atomic mass is 10.0. The van der Waals surface area contributed by atoms with Gasteiger partial charge in [0.1, 0.15) is 12.0 Å². The summed E-state index contributed by atoms with van der Waals surface area (Å²) in [5.74, 6) is 0.163. The normalized spacial score (nSPS) is 13.7. The number of halogens is 3. The van der Waals surface area contributed by atoms with E-state index >= 15 is 0 Å². The van der Waals surface area contributed by atoms with Gasteiger partial charge in [-0.25, -0.2) is 0 Å². The first-order valence-electron chi connectivity index (χ1n) is 9.73. The monoisotopic (exact) mass is 438 g/mol. The quantitative estimate of drug-likeness (QED) is 0.484. The van der Waals surface area contributed by atoms with Gasteiger partial charge < -0.3 is 9.47 Å². The van der Waals surface area contributed by atoms with Gasteiger partial charge in [0.15, 0.2) is 5.82 Å². The van der Waals surface area contributed by atoms with Gasteiger partial charge in [-0.3, -0.25) is 9.48 Å². The summed E-state index contributed by atoms with van der Waals surface area (Å²) in [5, 5.41) is 12.6. The molecule has 0 N–H and O–H groups in total. The van der Waals surface area contributed by atoms with Crippen LogP contribution in [0.5, 0.6) is 0 Å². The van der Waals surface area contributed by atoms with Crippen LogP contribution in [0.25, 0.3) is 22.6 Å². The highest BCUT2D eigenvalue weighted by Gasteiger charge is 2.39. The molecule has 1 amide bonds. The van der Waals surface area contributed by atoms with Gasteiger partial charge in [0.2, 0.25) is 0 Å². The number of amides is 1. The molecule has 10 heteroatoms. The minimum Gasteiger partial charge on any atom is -0.317 e. The number of fused-ring (bicyclic) bond motifs is 1. The van der Waals surface area contributed by atoms with Crippen LogP contribution in [0.3, 0.4) is 0 Å². The van der Waals surface area contributed by atoms with E-state index in [1.54, 1.807) is 40.8 Å². The SMILES string of the molecule is Cn1cc(-c2nncn2C)c(-c2cccc(N3Cc4c(cccc4C(F)(F)F)C3=O)c2)n1. The lowest BCUT2D eigenvalue weighted by Crippen LogP contribution is -2.23. The van der Waals surface area contributed by atoms with Gasteiger partial charge in [-0.1, -0.05) is 18.2 Å². The zero-order valence-corrected chi connectivity index (χ0v) is 17.1. The second-order valence-electron chi connectivity index (χ2n) is 7.60. The molecule has 0 unspecified atom stereocenters. The number of aromatic nitrogens is 5. The Kier molecular flexibility index (Phi) is 4.40. The van der Waals surface area contributed by atoms with Gasteiger partial charge >= 0.3 is 6.18 Å². The number of carbonyl (C=O) groups excluding carboxylic acids is 1. The van der Waals surface area contributed by atoms with Crippen molar-refractivity contribution in [2.75, 3.05) is 4.90 Å². The van der Waals surface area contributed by atoms with Gasteiger partial charge in [0, 0.05) is 37.1 Å². The van der Waals surface area contributed by atoms with Crippen LogP contribution >= 0.6 is 0 Å². The maximum atomic E-state index is 13.4. The minimum atomic E-state index is -4.53. The third kappa shape index (κ3) is 3.15. The molecule has 3 heterocycles. The Labute approximate surface area is 180 Å². The van der Waals surface area contributed by atoms with Gasteiger partial charge in [-0.15, -0.1) is 10.2 Å². The lowest BCUT2D eigenvalue weighted by molar-refractivity contribution is -0.138. The molecule has 0 fully saturated rings. The molecule has 0 aliphatic carbocycles. The van der Waals surface area contributed by atoms with Crippen molar-refractivity contribution in [1.29, 1.82) is 0 Å². The van der Waals surface area contributed by atoms with Gasteiger partial charge in [-0.2, -0.15) is 18.3 Å².